The highest BCUT2D eigenvalue weighted by Crippen LogP contribution is 2.27. The predicted octanol–water partition coefficient (Wildman–Crippen LogP) is 3.93. The third-order valence-electron chi connectivity index (χ3n) is 5.15. The number of carbonyl (C=O) groups excluding carboxylic acids is 1. The third kappa shape index (κ3) is 4.26. The van der Waals surface area contributed by atoms with Crippen molar-refractivity contribution in [1.82, 2.24) is 15.1 Å². The second-order valence-electron chi connectivity index (χ2n) is 7.62. The van der Waals surface area contributed by atoms with Gasteiger partial charge in [-0.15, -0.1) is 0 Å². The van der Waals surface area contributed by atoms with Crippen molar-refractivity contribution in [2.24, 2.45) is 0 Å². The third-order valence-corrected chi connectivity index (χ3v) is 5.15. The molecule has 1 aromatic carbocycles. The Labute approximate surface area is 155 Å². The molecule has 2 aromatic rings. The molecule has 1 atom stereocenters. The van der Waals surface area contributed by atoms with Gasteiger partial charge in [0, 0.05) is 24.7 Å². The first-order valence-corrected chi connectivity index (χ1v) is 9.47. The Balaban J connectivity index is 1.60. The molecular weight excluding hydrogens is 326 g/mol. The molecule has 1 saturated heterocycles. The van der Waals surface area contributed by atoms with Crippen LogP contribution in [0.1, 0.15) is 61.0 Å². The highest BCUT2D eigenvalue weighted by atomic mass is 16.5. The number of piperidine rings is 1. The lowest BCUT2D eigenvalue weighted by atomic mass is 9.94. The fourth-order valence-electron chi connectivity index (χ4n) is 3.46. The Morgan fingerprint density at radius 2 is 2.15 bits per heavy atom. The first-order valence-electron chi connectivity index (χ1n) is 9.47. The number of rotatable bonds is 5. The van der Waals surface area contributed by atoms with Crippen molar-refractivity contribution < 1.29 is 9.53 Å². The van der Waals surface area contributed by atoms with E-state index >= 15 is 0 Å². The number of carbonyl (C=O) groups is 1. The molecule has 3 rings (SSSR count). The number of hydrogen-bond acceptors (Lipinski definition) is 3. The Kier molecular flexibility index (Phi) is 5.64. The van der Waals surface area contributed by atoms with E-state index in [1.54, 1.807) is 0 Å². The van der Waals surface area contributed by atoms with E-state index in [-0.39, 0.29) is 12.5 Å². The summed E-state index contributed by atoms with van der Waals surface area (Å²) in [7, 11) is 0. The van der Waals surface area contributed by atoms with Gasteiger partial charge in [0.1, 0.15) is 5.75 Å². The van der Waals surface area contributed by atoms with Crippen LogP contribution < -0.4 is 4.74 Å². The van der Waals surface area contributed by atoms with Gasteiger partial charge in [-0.25, -0.2) is 0 Å². The Bertz CT molecular complexity index is 766. The molecule has 0 spiro atoms. The molecule has 5 heteroatoms. The van der Waals surface area contributed by atoms with Crippen LogP contribution in [-0.4, -0.2) is 40.7 Å². The van der Waals surface area contributed by atoms with Crippen molar-refractivity contribution in [2.45, 2.75) is 52.4 Å². The van der Waals surface area contributed by atoms with Gasteiger partial charge in [0.15, 0.2) is 6.61 Å². The van der Waals surface area contributed by atoms with Crippen molar-refractivity contribution in [3.8, 4) is 5.75 Å². The number of hydrogen-bond donors (Lipinski definition) is 1. The van der Waals surface area contributed by atoms with Crippen LogP contribution in [0, 0.1) is 13.8 Å². The molecule has 0 radical (unpaired) electrons. The van der Waals surface area contributed by atoms with Crippen LogP contribution in [0.25, 0.3) is 0 Å². The zero-order valence-corrected chi connectivity index (χ0v) is 16.2. The minimum atomic E-state index is 0.0521. The first kappa shape index (κ1) is 18.5. The van der Waals surface area contributed by atoms with Gasteiger partial charge in [-0.3, -0.25) is 9.89 Å². The van der Waals surface area contributed by atoms with Crippen molar-refractivity contribution in [1.29, 1.82) is 0 Å². The summed E-state index contributed by atoms with van der Waals surface area (Å²) in [5, 5.41) is 7.37. The van der Waals surface area contributed by atoms with Gasteiger partial charge in [0.05, 0.1) is 5.69 Å². The Morgan fingerprint density at radius 3 is 2.85 bits per heavy atom. The standard InChI is InChI=1S/C21H29N3O2/c1-14(2)17-8-7-15(3)20(11-17)26-13-21(25)24-9-5-6-18(12-24)19-10-16(4)22-23-19/h7-8,10-11,14,18H,5-6,9,12-13H2,1-4H3,(H,22,23). The number of nitrogens with zero attached hydrogens (tertiary/aromatic N) is 2. The number of aromatic amines is 1. The molecule has 1 amide bonds. The smallest absolute Gasteiger partial charge is 0.260 e. The van der Waals surface area contributed by atoms with Gasteiger partial charge in [-0.1, -0.05) is 26.0 Å². The van der Waals surface area contributed by atoms with Crippen LogP contribution in [0.4, 0.5) is 0 Å². The highest BCUT2D eigenvalue weighted by molar-refractivity contribution is 5.78. The molecule has 0 saturated carbocycles. The van der Waals surface area contributed by atoms with Crippen molar-refractivity contribution in [2.75, 3.05) is 19.7 Å². The van der Waals surface area contributed by atoms with Crippen LogP contribution in [0.2, 0.25) is 0 Å². The summed E-state index contributed by atoms with van der Waals surface area (Å²) in [4.78, 5) is 14.6. The van der Waals surface area contributed by atoms with Crippen LogP contribution in [0.15, 0.2) is 24.3 Å². The van der Waals surface area contributed by atoms with Crippen molar-refractivity contribution >= 4 is 5.91 Å². The van der Waals surface area contributed by atoms with Gasteiger partial charge < -0.3 is 9.64 Å². The topological polar surface area (TPSA) is 58.2 Å². The number of ether oxygens (including phenoxy) is 1. The molecule has 2 heterocycles. The number of aromatic nitrogens is 2. The van der Waals surface area contributed by atoms with E-state index < -0.39 is 0 Å². The summed E-state index contributed by atoms with van der Waals surface area (Å²) in [6.45, 7) is 9.94. The van der Waals surface area contributed by atoms with Crippen LogP contribution >= 0.6 is 0 Å². The lowest BCUT2D eigenvalue weighted by Gasteiger charge is -2.32. The Hall–Kier alpha value is -2.30. The van der Waals surface area contributed by atoms with E-state index in [0.717, 1.165) is 48.6 Å². The Morgan fingerprint density at radius 1 is 1.35 bits per heavy atom. The summed E-state index contributed by atoms with van der Waals surface area (Å²) in [6.07, 6.45) is 2.08. The molecule has 1 aliphatic heterocycles. The SMILES string of the molecule is Cc1cc(C2CCCN(C(=O)COc3cc(C(C)C)ccc3C)C2)n[nH]1. The number of nitrogens with one attached hydrogen (secondary N) is 1. The van der Waals surface area contributed by atoms with E-state index in [9.17, 15) is 4.79 Å². The first-order chi connectivity index (χ1) is 12.4. The van der Waals surface area contributed by atoms with Gasteiger partial charge in [0.2, 0.25) is 0 Å². The van der Waals surface area contributed by atoms with Gasteiger partial charge in [0.25, 0.3) is 5.91 Å². The van der Waals surface area contributed by atoms with Gasteiger partial charge >= 0.3 is 0 Å². The maximum absolute atomic E-state index is 12.7. The van der Waals surface area contributed by atoms with Crippen molar-refractivity contribution in [3.05, 3.63) is 46.8 Å². The molecule has 1 aromatic heterocycles. The molecule has 1 aliphatic rings. The summed E-state index contributed by atoms with van der Waals surface area (Å²) < 4.78 is 5.87. The van der Waals surface area contributed by atoms with Crippen LogP contribution in [0.5, 0.6) is 5.75 Å². The van der Waals surface area contributed by atoms with Crippen LogP contribution in [0.3, 0.4) is 0 Å². The summed E-state index contributed by atoms with van der Waals surface area (Å²) in [5.41, 5.74) is 4.41. The van der Waals surface area contributed by atoms with Gasteiger partial charge in [-0.2, -0.15) is 5.10 Å². The predicted molar refractivity (Wildman–Crippen MR) is 103 cm³/mol. The lowest BCUT2D eigenvalue weighted by molar-refractivity contribution is -0.134. The van der Waals surface area contributed by atoms with E-state index in [2.05, 4.69) is 48.3 Å². The summed E-state index contributed by atoms with van der Waals surface area (Å²) in [6, 6.07) is 8.32. The average molecular weight is 355 g/mol. The number of H-pyrrole nitrogens is 1. The quantitative estimate of drug-likeness (QED) is 0.884. The lowest BCUT2D eigenvalue weighted by Crippen LogP contribution is -2.41. The molecule has 5 nitrogen and oxygen atoms in total. The molecule has 1 fully saturated rings. The number of benzene rings is 1. The zero-order chi connectivity index (χ0) is 18.7. The molecule has 0 bridgehead atoms. The molecule has 1 N–H and O–H groups in total. The van der Waals surface area contributed by atoms with E-state index in [4.69, 9.17) is 4.74 Å². The largest absolute Gasteiger partial charge is 0.483 e. The number of amides is 1. The molecule has 140 valence electrons. The maximum Gasteiger partial charge on any atom is 0.260 e. The molecule has 26 heavy (non-hydrogen) atoms. The monoisotopic (exact) mass is 355 g/mol. The van der Waals surface area contributed by atoms with E-state index in [0.29, 0.717) is 11.8 Å². The number of likely N-dealkylation sites (tertiary alicyclic amines) is 1. The second kappa shape index (κ2) is 7.94. The highest BCUT2D eigenvalue weighted by Gasteiger charge is 2.26. The summed E-state index contributed by atoms with van der Waals surface area (Å²) >= 11 is 0. The second-order valence-corrected chi connectivity index (χ2v) is 7.62. The molecule has 0 aliphatic carbocycles. The zero-order valence-electron chi connectivity index (χ0n) is 16.2. The van der Waals surface area contributed by atoms with E-state index in [1.165, 1.54) is 5.56 Å². The maximum atomic E-state index is 12.7. The van der Waals surface area contributed by atoms with Crippen molar-refractivity contribution in [3.63, 3.8) is 0 Å². The van der Waals surface area contributed by atoms with Crippen LogP contribution in [-0.2, 0) is 4.79 Å². The fourth-order valence-corrected chi connectivity index (χ4v) is 3.46. The molecular formula is C21H29N3O2. The summed E-state index contributed by atoms with van der Waals surface area (Å²) in [5.74, 6) is 1.61. The fraction of sp³-hybridized carbons (Fsp3) is 0.524. The normalized spacial score (nSPS) is 17.6. The van der Waals surface area contributed by atoms with E-state index in [1.807, 2.05) is 18.7 Å². The minimum absolute atomic E-state index is 0.0521. The van der Waals surface area contributed by atoms with Gasteiger partial charge in [-0.05, 0) is 55.9 Å². The average Bonchev–Trinajstić information content (AvgIpc) is 3.07. The minimum Gasteiger partial charge on any atom is -0.483 e. The number of aryl methyl sites for hydroxylation is 2. The molecule has 1 unspecified atom stereocenters.